The minimum atomic E-state index is -1.04. The Morgan fingerprint density at radius 1 is 0.800 bits per heavy atom. The van der Waals surface area contributed by atoms with Crippen LogP contribution < -0.4 is 15.1 Å². The van der Waals surface area contributed by atoms with E-state index in [1.807, 2.05) is 67.8 Å². The first-order chi connectivity index (χ1) is 16.4. The molecule has 6 N–H and O–H groups in total. The van der Waals surface area contributed by atoms with E-state index in [1.54, 1.807) is 0 Å². The molecule has 14 heteroatoms. The van der Waals surface area contributed by atoms with Crippen molar-refractivity contribution in [2.75, 3.05) is 49.3 Å². The third-order valence-corrected chi connectivity index (χ3v) is 8.11. The van der Waals surface area contributed by atoms with E-state index in [0.717, 1.165) is 0 Å². The first-order valence-electron chi connectivity index (χ1n) is 10.7. The number of anilines is 2. The summed E-state index contributed by atoms with van der Waals surface area (Å²) in [6, 6.07) is 0. The topological polar surface area (TPSA) is 171 Å². The van der Waals surface area contributed by atoms with E-state index in [2.05, 4.69) is 5.32 Å². The van der Waals surface area contributed by atoms with Crippen LogP contribution in [0.4, 0.5) is 11.4 Å². The van der Waals surface area contributed by atoms with E-state index in [4.69, 9.17) is 5.11 Å². The molecule has 3 amide bonds. The Bertz CT molecular complexity index is 859. The Kier molecular flexibility index (Phi) is 14.7. The van der Waals surface area contributed by atoms with Gasteiger partial charge in [0.15, 0.2) is 0 Å². The number of amides is 3. The lowest BCUT2D eigenvalue weighted by Crippen LogP contribution is -2.38. The van der Waals surface area contributed by atoms with Gasteiger partial charge in [-0.2, -0.15) is 0 Å². The Morgan fingerprint density at radius 2 is 1.20 bits per heavy atom. The number of aliphatic hydroxyl groups excluding tert-OH is 5. The van der Waals surface area contributed by atoms with Crippen molar-refractivity contribution in [2.24, 2.45) is 0 Å². The fourth-order valence-electron chi connectivity index (χ4n) is 3.16. The monoisotopic (exact) mass is 833 g/mol. The molecule has 0 saturated carbocycles. The number of carbonyl (C=O) groups is 3. The van der Waals surface area contributed by atoms with Gasteiger partial charge in [0.25, 0.3) is 5.91 Å². The van der Waals surface area contributed by atoms with Crippen LogP contribution in [0.15, 0.2) is 0 Å². The molecule has 2 unspecified atom stereocenters. The molecule has 0 bridgehead atoms. The summed E-state index contributed by atoms with van der Waals surface area (Å²) in [7, 11) is 0. The quantitative estimate of drug-likeness (QED) is 0.156. The molecule has 0 aliphatic heterocycles. The van der Waals surface area contributed by atoms with Gasteiger partial charge in [0.1, 0.15) is 0 Å². The van der Waals surface area contributed by atoms with Gasteiger partial charge in [-0.1, -0.05) is 0 Å². The smallest absolute Gasteiger partial charge is 0.253 e. The van der Waals surface area contributed by atoms with E-state index in [0.29, 0.717) is 22.1 Å². The maximum absolute atomic E-state index is 13.1. The molecule has 11 nitrogen and oxygen atoms in total. The van der Waals surface area contributed by atoms with Crippen LogP contribution in [-0.2, 0) is 9.59 Å². The van der Waals surface area contributed by atoms with Gasteiger partial charge in [-0.25, -0.2) is 0 Å². The summed E-state index contributed by atoms with van der Waals surface area (Å²) in [6.45, 7) is 1.53. The largest absolute Gasteiger partial charge is 0.395 e. The highest BCUT2D eigenvalue weighted by Gasteiger charge is 2.32. The van der Waals surface area contributed by atoms with E-state index < -0.39 is 31.3 Å². The molecule has 0 aliphatic carbocycles. The van der Waals surface area contributed by atoms with Crippen LogP contribution in [0.3, 0.4) is 0 Å². The molecule has 0 spiro atoms. The van der Waals surface area contributed by atoms with Crippen molar-refractivity contribution in [3.8, 4) is 0 Å². The van der Waals surface area contributed by atoms with Crippen LogP contribution in [0.1, 0.15) is 37.0 Å². The number of hydrogen-bond donors (Lipinski definition) is 6. The Balaban J connectivity index is 3.85. The van der Waals surface area contributed by atoms with Crippen LogP contribution in [0.5, 0.6) is 0 Å². The summed E-state index contributed by atoms with van der Waals surface area (Å²) < 4.78 is 1.36. The normalized spacial score (nSPS) is 12.7. The molecule has 0 heterocycles. The number of rotatable bonds is 13. The average Bonchev–Trinajstić information content (AvgIpc) is 2.80. The van der Waals surface area contributed by atoms with E-state index in [1.165, 1.54) is 23.6 Å². The molecule has 0 aliphatic rings. The molecule has 1 aromatic rings. The van der Waals surface area contributed by atoms with Gasteiger partial charge in [0.05, 0.1) is 59.7 Å². The molecule has 0 fully saturated rings. The summed E-state index contributed by atoms with van der Waals surface area (Å²) >= 11 is 5.91. The Hall–Kier alpha value is -0.380. The highest BCUT2D eigenvalue weighted by Crippen LogP contribution is 2.43. The maximum atomic E-state index is 13.1. The molecule has 0 saturated heterocycles. The van der Waals surface area contributed by atoms with Crippen molar-refractivity contribution in [3.05, 3.63) is 16.3 Å². The zero-order chi connectivity index (χ0) is 26.9. The van der Waals surface area contributed by atoms with E-state index in [-0.39, 0.29) is 56.5 Å². The molecule has 1 aromatic carbocycles. The van der Waals surface area contributed by atoms with Gasteiger partial charge in [0, 0.05) is 33.5 Å². The fraction of sp³-hybridized carbons (Fsp3) is 0.571. The van der Waals surface area contributed by atoms with Crippen LogP contribution in [0.2, 0.25) is 0 Å². The molecular formula is C21H30I3N3O8. The number of benzene rings is 1. The second-order valence-electron chi connectivity index (χ2n) is 7.59. The van der Waals surface area contributed by atoms with Crippen LogP contribution in [-0.4, -0.2) is 94.9 Å². The molecule has 0 radical (unpaired) electrons. The number of carbonyl (C=O) groups excluding carboxylic acids is 3. The van der Waals surface area contributed by atoms with Gasteiger partial charge < -0.3 is 40.6 Å². The lowest BCUT2D eigenvalue weighted by Gasteiger charge is -2.31. The second kappa shape index (κ2) is 15.8. The summed E-state index contributed by atoms with van der Waals surface area (Å²) in [4.78, 5) is 41.2. The average molecular weight is 833 g/mol. The van der Waals surface area contributed by atoms with Crippen molar-refractivity contribution >= 4 is 96.9 Å². The van der Waals surface area contributed by atoms with Gasteiger partial charge in [-0.3, -0.25) is 14.4 Å². The minimum Gasteiger partial charge on any atom is -0.395 e. The Labute approximate surface area is 244 Å². The predicted octanol–water partition coefficient (Wildman–Crippen LogP) is 0.415. The van der Waals surface area contributed by atoms with E-state index >= 15 is 0 Å². The molecule has 0 aromatic heterocycles. The predicted molar refractivity (Wildman–Crippen MR) is 155 cm³/mol. The first-order valence-corrected chi connectivity index (χ1v) is 13.9. The Morgan fingerprint density at radius 3 is 1.51 bits per heavy atom. The summed E-state index contributed by atoms with van der Waals surface area (Å²) in [5, 5.41) is 49.8. The van der Waals surface area contributed by atoms with Crippen molar-refractivity contribution in [3.63, 3.8) is 0 Å². The summed E-state index contributed by atoms with van der Waals surface area (Å²) in [5.74, 6) is -1.25. The standard InChI is InChI=1S/C21H30I3N3O8/c1-11(31)26(6-3-13(33)9-29)19-16(22)15(21(35)25-5-8-28)17(23)20(18(19)24)27(12(2)32)7-4-14(34)10-30/h13-14,28-30,33-34H,3-10H2,1-2H3,(H,25,35). The van der Waals surface area contributed by atoms with Crippen LogP contribution >= 0.6 is 67.8 Å². The third kappa shape index (κ3) is 8.85. The van der Waals surface area contributed by atoms with Crippen LogP contribution in [0, 0.1) is 10.7 Å². The summed E-state index contributed by atoms with van der Waals surface area (Å²) in [6.07, 6.45) is -1.93. The molecule has 198 valence electrons. The van der Waals surface area contributed by atoms with Crippen LogP contribution in [0.25, 0.3) is 0 Å². The van der Waals surface area contributed by atoms with Crippen molar-refractivity contribution in [1.82, 2.24) is 5.32 Å². The van der Waals surface area contributed by atoms with E-state index in [9.17, 15) is 34.8 Å². The zero-order valence-corrected chi connectivity index (χ0v) is 25.8. The zero-order valence-electron chi connectivity index (χ0n) is 19.3. The SMILES string of the molecule is CC(=O)N(CCC(O)CO)c1c(I)c(C(=O)NCCO)c(I)c(N(CCC(O)CO)C(C)=O)c1I. The number of aliphatic hydroxyl groups is 5. The minimum absolute atomic E-state index is 0.000123. The number of hydrogen-bond acceptors (Lipinski definition) is 8. The highest BCUT2D eigenvalue weighted by molar-refractivity contribution is 14.1. The van der Waals surface area contributed by atoms with Gasteiger partial charge >= 0.3 is 0 Å². The number of nitrogens with zero attached hydrogens (tertiary/aromatic N) is 2. The molecule has 35 heavy (non-hydrogen) atoms. The second-order valence-corrected chi connectivity index (χ2v) is 10.8. The maximum Gasteiger partial charge on any atom is 0.253 e. The number of nitrogens with one attached hydrogen (secondary N) is 1. The summed E-state index contributed by atoms with van der Waals surface area (Å²) in [5.41, 5.74) is 0.928. The third-order valence-electron chi connectivity index (χ3n) is 4.99. The number of halogens is 3. The van der Waals surface area contributed by atoms with Crippen molar-refractivity contribution in [2.45, 2.75) is 38.9 Å². The van der Waals surface area contributed by atoms with Crippen molar-refractivity contribution in [1.29, 1.82) is 0 Å². The molecule has 2 atom stereocenters. The fourth-order valence-corrected chi connectivity index (χ4v) is 7.98. The van der Waals surface area contributed by atoms with Gasteiger partial charge in [-0.15, -0.1) is 0 Å². The van der Waals surface area contributed by atoms with Gasteiger partial charge in [-0.05, 0) is 80.6 Å². The highest BCUT2D eigenvalue weighted by atomic mass is 127. The lowest BCUT2D eigenvalue weighted by molar-refractivity contribution is -0.117. The lowest BCUT2D eigenvalue weighted by atomic mass is 10.1. The molecular weight excluding hydrogens is 803 g/mol. The van der Waals surface area contributed by atoms with Crippen molar-refractivity contribution < 1.29 is 39.9 Å². The molecule has 1 rings (SSSR count). The van der Waals surface area contributed by atoms with Gasteiger partial charge in [0.2, 0.25) is 11.8 Å². The first kappa shape index (κ1) is 32.6.